The zero-order valence-electron chi connectivity index (χ0n) is 15.7. The van der Waals surface area contributed by atoms with Crippen LogP contribution in [0.4, 0.5) is 0 Å². The Morgan fingerprint density at radius 1 is 1.15 bits per heavy atom. The van der Waals surface area contributed by atoms with Gasteiger partial charge in [0.05, 0.1) is 12.3 Å². The molecule has 3 heterocycles. The highest BCUT2D eigenvalue weighted by atomic mass is 16.5. The SMILES string of the molecule is O=C1CCCC(C(=O)N2CCC(COc3cc(C4CCC4)ncn3)CC2)N1. The van der Waals surface area contributed by atoms with Gasteiger partial charge in [-0.1, -0.05) is 6.42 Å². The molecule has 0 bridgehead atoms. The third-order valence-corrected chi connectivity index (χ3v) is 6.11. The summed E-state index contributed by atoms with van der Waals surface area (Å²) in [6, 6.07) is 1.65. The summed E-state index contributed by atoms with van der Waals surface area (Å²) in [6.45, 7) is 2.09. The zero-order chi connectivity index (χ0) is 18.6. The first kappa shape index (κ1) is 18.2. The lowest BCUT2D eigenvalue weighted by Crippen LogP contribution is -2.52. The van der Waals surface area contributed by atoms with Gasteiger partial charge in [-0.05, 0) is 44.4 Å². The smallest absolute Gasteiger partial charge is 0.245 e. The van der Waals surface area contributed by atoms with E-state index in [9.17, 15) is 9.59 Å². The first-order chi connectivity index (χ1) is 13.2. The molecule has 2 aliphatic heterocycles. The summed E-state index contributed by atoms with van der Waals surface area (Å²) in [6.07, 6.45) is 9.25. The summed E-state index contributed by atoms with van der Waals surface area (Å²) in [5.41, 5.74) is 1.10. The number of carbonyl (C=O) groups is 2. The molecule has 1 N–H and O–H groups in total. The molecule has 1 aliphatic carbocycles. The number of likely N-dealkylation sites (tertiary alicyclic amines) is 1. The van der Waals surface area contributed by atoms with Gasteiger partial charge in [0.1, 0.15) is 12.4 Å². The number of rotatable bonds is 5. The maximum absolute atomic E-state index is 12.6. The molecule has 1 unspecified atom stereocenters. The largest absolute Gasteiger partial charge is 0.477 e. The van der Waals surface area contributed by atoms with Crippen LogP contribution in [0.2, 0.25) is 0 Å². The summed E-state index contributed by atoms with van der Waals surface area (Å²) in [4.78, 5) is 34.6. The Kier molecular flexibility index (Phi) is 5.55. The number of hydrogen-bond acceptors (Lipinski definition) is 5. The Morgan fingerprint density at radius 2 is 1.96 bits per heavy atom. The maximum Gasteiger partial charge on any atom is 0.245 e. The van der Waals surface area contributed by atoms with Crippen LogP contribution in [0.1, 0.15) is 63.0 Å². The highest BCUT2D eigenvalue weighted by Gasteiger charge is 2.31. The van der Waals surface area contributed by atoms with Crippen LogP contribution < -0.4 is 10.1 Å². The molecule has 7 nitrogen and oxygen atoms in total. The average Bonchev–Trinajstić information content (AvgIpc) is 2.65. The van der Waals surface area contributed by atoms with E-state index in [1.807, 2.05) is 11.0 Å². The van der Waals surface area contributed by atoms with E-state index in [1.54, 1.807) is 6.33 Å². The molecule has 7 heteroatoms. The first-order valence-corrected chi connectivity index (χ1v) is 10.2. The van der Waals surface area contributed by atoms with Crippen LogP contribution in [-0.4, -0.2) is 52.4 Å². The molecule has 3 aliphatic rings. The summed E-state index contributed by atoms with van der Waals surface area (Å²) < 4.78 is 5.92. The second-order valence-corrected chi connectivity index (χ2v) is 8.00. The summed E-state index contributed by atoms with van der Waals surface area (Å²) in [7, 11) is 0. The van der Waals surface area contributed by atoms with E-state index in [1.165, 1.54) is 19.3 Å². The van der Waals surface area contributed by atoms with Crippen LogP contribution in [0.3, 0.4) is 0 Å². The molecule has 1 atom stereocenters. The highest BCUT2D eigenvalue weighted by Crippen LogP contribution is 2.35. The highest BCUT2D eigenvalue weighted by molar-refractivity contribution is 5.88. The van der Waals surface area contributed by atoms with Gasteiger partial charge in [0, 0.05) is 31.5 Å². The van der Waals surface area contributed by atoms with Gasteiger partial charge in [0.2, 0.25) is 17.7 Å². The molecule has 1 aromatic heterocycles. The number of nitrogens with zero attached hydrogens (tertiary/aromatic N) is 3. The van der Waals surface area contributed by atoms with Crippen LogP contribution in [0.5, 0.6) is 5.88 Å². The monoisotopic (exact) mass is 372 g/mol. The normalized spacial score (nSPS) is 24.2. The Balaban J connectivity index is 1.22. The molecule has 27 heavy (non-hydrogen) atoms. The Morgan fingerprint density at radius 3 is 2.67 bits per heavy atom. The lowest BCUT2D eigenvalue weighted by atomic mass is 9.83. The van der Waals surface area contributed by atoms with Gasteiger partial charge in [0.15, 0.2) is 0 Å². The molecule has 2 amide bonds. The minimum Gasteiger partial charge on any atom is -0.477 e. The van der Waals surface area contributed by atoms with E-state index in [0.29, 0.717) is 30.7 Å². The molecule has 4 rings (SSSR count). The predicted molar refractivity (Wildman–Crippen MR) is 99.2 cm³/mol. The number of piperidine rings is 2. The van der Waals surface area contributed by atoms with Crippen molar-refractivity contribution in [2.45, 2.75) is 63.3 Å². The van der Waals surface area contributed by atoms with Gasteiger partial charge in [0.25, 0.3) is 0 Å². The average molecular weight is 372 g/mol. The van der Waals surface area contributed by atoms with E-state index in [-0.39, 0.29) is 17.9 Å². The van der Waals surface area contributed by atoms with E-state index < -0.39 is 0 Å². The van der Waals surface area contributed by atoms with Crippen LogP contribution in [0.25, 0.3) is 0 Å². The quantitative estimate of drug-likeness (QED) is 0.855. The van der Waals surface area contributed by atoms with Crippen molar-refractivity contribution in [1.29, 1.82) is 0 Å². The molecule has 146 valence electrons. The van der Waals surface area contributed by atoms with Crippen LogP contribution in [0, 0.1) is 5.92 Å². The van der Waals surface area contributed by atoms with Gasteiger partial charge in [-0.15, -0.1) is 0 Å². The molecule has 1 aromatic rings. The molecule has 1 saturated carbocycles. The summed E-state index contributed by atoms with van der Waals surface area (Å²) in [5.74, 6) is 1.73. The third kappa shape index (κ3) is 4.39. The number of carbonyl (C=O) groups excluding carboxylic acids is 2. The zero-order valence-corrected chi connectivity index (χ0v) is 15.7. The van der Waals surface area contributed by atoms with Crippen LogP contribution in [0.15, 0.2) is 12.4 Å². The van der Waals surface area contributed by atoms with Gasteiger partial charge < -0.3 is 15.0 Å². The fraction of sp³-hybridized carbons (Fsp3) is 0.700. The van der Waals surface area contributed by atoms with Crippen molar-refractivity contribution in [3.63, 3.8) is 0 Å². The molecule has 2 saturated heterocycles. The van der Waals surface area contributed by atoms with Gasteiger partial charge in [-0.25, -0.2) is 9.97 Å². The Hall–Kier alpha value is -2.18. The van der Waals surface area contributed by atoms with Crippen molar-refractivity contribution < 1.29 is 14.3 Å². The van der Waals surface area contributed by atoms with Crippen molar-refractivity contribution in [2.75, 3.05) is 19.7 Å². The molecular formula is C20H28N4O3. The molecule has 0 radical (unpaired) electrons. The number of aromatic nitrogens is 2. The van der Waals surface area contributed by atoms with E-state index in [0.717, 1.165) is 44.5 Å². The Labute approximate surface area is 159 Å². The predicted octanol–water partition coefficient (Wildman–Crippen LogP) is 2.03. The van der Waals surface area contributed by atoms with Gasteiger partial charge in [-0.3, -0.25) is 9.59 Å². The summed E-state index contributed by atoms with van der Waals surface area (Å²) in [5, 5.41) is 2.83. The van der Waals surface area contributed by atoms with E-state index in [4.69, 9.17) is 4.74 Å². The third-order valence-electron chi connectivity index (χ3n) is 6.11. The molecule has 0 aromatic carbocycles. The van der Waals surface area contributed by atoms with Crippen LogP contribution in [-0.2, 0) is 9.59 Å². The number of nitrogens with one attached hydrogen (secondary N) is 1. The van der Waals surface area contributed by atoms with Crippen molar-refractivity contribution in [3.8, 4) is 5.88 Å². The second kappa shape index (κ2) is 8.23. The fourth-order valence-electron chi connectivity index (χ4n) is 4.09. The number of hydrogen-bond donors (Lipinski definition) is 1. The maximum atomic E-state index is 12.6. The molecular weight excluding hydrogens is 344 g/mol. The topological polar surface area (TPSA) is 84.4 Å². The lowest BCUT2D eigenvalue weighted by Gasteiger charge is -2.35. The van der Waals surface area contributed by atoms with Gasteiger partial charge in [-0.2, -0.15) is 0 Å². The summed E-state index contributed by atoms with van der Waals surface area (Å²) >= 11 is 0. The van der Waals surface area contributed by atoms with Crippen molar-refractivity contribution in [3.05, 3.63) is 18.1 Å². The van der Waals surface area contributed by atoms with E-state index >= 15 is 0 Å². The van der Waals surface area contributed by atoms with Crippen molar-refractivity contribution in [1.82, 2.24) is 20.2 Å². The minimum absolute atomic E-state index is 0.00555. The Bertz CT molecular complexity index is 684. The van der Waals surface area contributed by atoms with E-state index in [2.05, 4.69) is 15.3 Å². The van der Waals surface area contributed by atoms with Crippen molar-refractivity contribution >= 4 is 11.8 Å². The first-order valence-electron chi connectivity index (χ1n) is 10.2. The number of ether oxygens (including phenoxy) is 1. The minimum atomic E-state index is -0.329. The number of amides is 2. The van der Waals surface area contributed by atoms with Crippen molar-refractivity contribution in [2.24, 2.45) is 5.92 Å². The fourth-order valence-corrected chi connectivity index (χ4v) is 4.09. The molecule has 3 fully saturated rings. The second-order valence-electron chi connectivity index (χ2n) is 8.00. The van der Waals surface area contributed by atoms with Gasteiger partial charge >= 0.3 is 0 Å². The lowest BCUT2D eigenvalue weighted by molar-refractivity contribution is -0.139. The molecule has 0 spiro atoms. The standard InChI is InChI=1S/C20H28N4O3/c25-18-6-2-5-16(23-18)20(26)24-9-7-14(8-10-24)12-27-19-11-17(21-13-22-19)15-3-1-4-15/h11,13-16H,1-10,12H2,(H,23,25). The van der Waals surface area contributed by atoms with Crippen LogP contribution >= 0.6 is 0 Å².